The molecule has 3 heteroatoms. The van der Waals surface area contributed by atoms with Crippen LogP contribution in [0.25, 0.3) is 0 Å². The number of epoxide rings is 1. The molecule has 0 saturated carbocycles. The maximum absolute atomic E-state index is 11.0. The highest BCUT2D eigenvalue weighted by Crippen LogP contribution is 2.30. The molecule has 1 aliphatic heterocycles. The van der Waals surface area contributed by atoms with Crippen LogP contribution in [0.2, 0.25) is 0 Å². The van der Waals surface area contributed by atoms with Crippen molar-refractivity contribution < 1.29 is 14.3 Å². The van der Waals surface area contributed by atoms with E-state index in [2.05, 4.69) is 48.1 Å². The van der Waals surface area contributed by atoms with Crippen molar-refractivity contribution in [1.29, 1.82) is 0 Å². The van der Waals surface area contributed by atoms with Crippen LogP contribution in [0.15, 0.2) is 36.5 Å². The highest BCUT2D eigenvalue weighted by molar-refractivity contribution is 5.68. The Morgan fingerprint density at radius 2 is 1.67 bits per heavy atom. The summed E-state index contributed by atoms with van der Waals surface area (Å²) >= 11 is 0. The molecule has 0 amide bonds. The first-order valence-corrected chi connectivity index (χ1v) is 9.45. The second-order valence-corrected chi connectivity index (χ2v) is 6.30. The number of methoxy groups -OCH3 is 1. The van der Waals surface area contributed by atoms with Gasteiger partial charge in [-0.3, -0.25) is 4.79 Å². The van der Waals surface area contributed by atoms with Crippen molar-refractivity contribution in [3.05, 3.63) is 36.5 Å². The maximum atomic E-state index is 11.0. The molecule has 1 fully saturated rings. The summed E-state index contributed by atoms with van der Waals surface area (Å²) in [5.74, 6) is -0.130. The normalized spacial score (nSPS) is 20.4. The van der Waals surface area contributed by atoms with Gasteiger partial charge in [0.15, 0.2) is 0 Å². The van der Waals surface area contributed by atoms with Gasteiger partial charge in [-0.05, 0) is 44.9 Å². The summed E-state index contributed by atoms with van der Waals surface area (Å²) in [5.41, 5.74) is 0. The highest BCUT2D eigenvalue weighted by atomic mass is 16.6. The molecular weight excluding hydrogens is 300 g/mol. The SMILES string of the molecule is CCCCC/C=C\C/C=C\C/C=C\C[C@H]1O[C@H]1CCCC(=O)OC. The van der Waals surface area contributed by atoms with E-state index in [0.717, 1.165) is 32.1 Å². The molecule has 0 aromatic carbocycles. The molecular formula is C21H34O3. The van der Waals surface area contributed by atoms with Crippen molar-refractivity contribution in [2.75, 3.05) is 7.11 Å². The monoisotopic (exact) mass is 334 g/mol. The van der Waals surface area contributed by atoms with E-state index in [0.29, 0.717) is 18.6 Å². The summed E-state index contributed by atoms with van der Waals surface area (Å²) in [6, 6.07) is 0. The van der Waals surface area contributed by atoms with Gasteiger partial charge in [0.05, 0.1) is 19.3 Å². The third-order valence-corrected chi connectivity index (χ3v) is 4.17. The van der Waals surface area contributed by atoms with Crippen LogP contribution in [0.4, 0.5) is 0 Å². The fourth-order valence-corrected chi connectivity index (χ4v) is 2.59. The second kappa shape index (κ2) is 14.0. The number of esters is 1. The van der Waals surface area contributed by atoms with E-state index in [4.69, 9.17) is 4.74 Å². The Labute approximate surface area is 147 Å². The molecule has 24 heavy (non-hydrogen) atoms. The van der Waals surface area contributed by atoms with Gasteiger partial charge in [0.25, 0.3) is 0 Å². The Balaban J connectivity index is 1.92. The van der Waals surface area contributed by atoms with Gasteiger partial charge in [-0.25, -0.2) is 0 Å². The number of carbonyl (C=O) groups is 1. The van der Waals surface area contributed by atoms with Crippen LogP contribution in [0.3, 0.4) is 0 Å². The van der Waals surface area contributed by atoms with E-state index >= 15 is 0 Å². The van der Waals surface area contributed by atoms with Gasteiger partial charge in [0.1, 0.15) is 0 Å². The fourth-order valence-electron chi connectivity index (χ4n) is 2.59. The zero-order valence-corrected chi connectivity index (χ0v) is 15.4. The Bertz CT molecular complexity index is 409. The predicted octanol–water partition coefficient (Wildman–Crippen LogP) is 5.52. The number of hydrogen-bond donors (Lipinski definition) is 0. The van der Waals surface area contributed by atoms with Crippen LogP contribution in [0.5, 0.6) is 0 Å². The van der Waals surface area contributed by atoms with Crippen molar-refractivity contribution in [2.24, 2.45) is 0 Å². The van der Waals surface area contributed by atoms with Crippen LogP contribution in [0, 0.1) is 0 Å². The molecule has 1 aliphatic rings. The molecule has 1 saturated heterocycles. The standard InChI is InChI=1S/C21H34O3/c1-3-4-5-6-7-8-9-10-11-12-13-14-16-19-20(24-19)17-15-18-21(22)23-2/h7-8,10-11,13-14,19-20H,3-6,9,12,15-18H2,1-2H3/b8-7-,11-10-,14-13-/t19-,20+/m1/s1. The van der Waals surface area contributed by atoms with Gasteiger partial charge in [-0.2, -0.15) is 0 Å². The summed E-state index contributed by atoms with van der Waals surface area (Å²) in [5, 5.41) is 0. The zero-order valence-electron chi connectivity index (χ0n) is 15.4. The minimum Gasteiger partial charge on any atom is -0.469 e. The molecule has 0 unspecified atom stereocenters. The lowest BCUT2D eigenvalue weighted by molar-refractivity contribution is -0.140. The maximum Gasteiger partial charge on any atom is 0.305 e. The van der Waals surface area contributed by atoms with Crippen molar-refractivity contribution >= 4 is 5.97 Å². The van der Waals surface area contributed by atoms with Gasteiger partial charge in [-0.15, -0.1) is 0 Å². The zero-order chi connectivity index (χ0) is 17.5. The molecule has 0 N–H and O–H groups in total. The van der Waals surface area contributed by atoms with Gasteiger partial charge in [-0.1, -0.05) is 56.2 Å². The molecule has 0 spiro atoms. The number of allylic oxidation sites excluding steroid dienone is 5. The van der Waals surface area contributed by atoms with Gasteiger partial charge >= 0.3 is 5.97 Å². The summed E-state index contributed by atoms with van der Waals surface area (Å²) in [6.07, 6.45) is 24.6. The van der Waals surface area contributed by atoms with E-state index in [1.807, 2.05) is 0 Å². The van der Waals surface area contributed by atoms with Crippen LogP contribution in [-0.4, -0.2) is 25.3 Å². The molecule has 0 aromatic rings. The summed E-state index contributed by atoms with van der Waals surface area (Å²) < 4.78 is 10.2. The average molecular weight is 335 g/mol. The quantitative estimate of drug-likeness (QED) is 0.182. The summed E-state index contributed by atoms with van der Waals surface area (Å²) in [4.78, 5) is 11.0. The smallest absolute Gasteiger partial charge is 0.305 e. The predicted molar refractivity (Wildman–Crippen MR) is 99.9 cm³/mol. The lowest BCUT2D eigenvalue weighted by atomic mass is 10.1. The van der Waals surface area contributed by atoms with Gasteiger partial charge in [0, 0.05) is 6.42 Å². The van der Waals surface area contributed by atoms with Crippen LogP contribution < -0.4 is 0 Å². The largest absolute Gasteiger partial charge is 0.469 e. The van der Waals surface area contributed by atoms with Crippen molar-refractivity contribution in [1.82, 2.24) is 0 Å². The molecule has 0 radical (unpaired) electrons. The van der Waals surface area contributed by atoms with Crippen molar-refractivity contribution in [2.45, 2.75) is 83.3 Å². The van der Waals surface area contributed by atoms with E-state index < -0.39 is 0 Å². The number of rotatable bonds is 14. The Morgan fingerprint density at radius 1 is 0.958 bits per heavy atom. The molecule has 0 aliphatic carbocycles. The molecule has 2 atom stereocenters. The van der Waals surface area contributed by atoms with Crippen LogP contribution >= 0.6 is 0 Å². The topological polar surface area (TPSA) is 38.8 Å². The molecule has 0 bridgehead atoms. The first-order chi connectivity index (χ1) is 11.8. The molecule has 3 nitrogen and oxygen atoms in total. The second-order valence-electron chi connectivity index (χ2n) is 6.30. The number of hydrogen-bond acceptors (Lipinski definition) is 3. The van der Waals surface area contributed by atoms with Crippen LogP contribution in [0.1, 0.15) is 71.1 Å². The molecule has 1 rings (SSSR count). The number of ether oxygens (including phenoxy) is 2. The van der Waals surface area contributed by atoms with E-state index in [1.165, 1.54) is 32.8 Å². The molecule has 136 valence electrons. The molecule has 1 heterocycles. The number of unbranched alkanes of at least 4 members (excludes halogenated alkanes) is 3. The van der Waals surface area contributed by atoms with Crippen LogP contribution in [-0.2, 0) is 14.3 Å². The molecule has 0 aromatic heterocycles. The minimum absolute atomic E-state index is 0.130. The summed E-state index contributed by atoms with van der Waals surface area (Å²) in [7, 11) is 1.43. The Morgan fingerprint density at radius 3 is 2.38 bits per heavy atom. The van der Waals surface area contributed by atoms with E-state index in [-0.39, 0.29) is 5.97 Å². The summed E-state index contributed by atoms with van der Waals surface area (Å²) in [6.45, 7) is 2.24. The fraction of sp³-hybridized carbons (Fsp3) is 0.667. The van der Waals surface area contributed by atoms with Crippen molar-refractivity contribution in [3.63, 3.8) is 0 Å². The Kier molecular flexibility index (Phi) is 12.1. The number of carbonyl (C=O) groups excluding carboxylic acids is 1. The third-order valence-electron chi connectivity index (χ3n) is 4.17. The Hall–Kier alpha value is -1.35. The highest BCUT2D eigenvalue weighted by Gasteiger charge is 2.36. The first-order valence-electron chi connectivity index (χ1n) is 9.45. The van der Waals surface area contributed by atoms with Gasteiger partial charge < -0.3 is 9.47 Å². The lowest BCUT2D eigenvalue weighted by Crippen LogP contribution is -2.01. The van der Waals surface area contributed by atoms with E-state index in [1.54, 1.807) is 0 Å². The minimum atomic E-state index is -0.130. The first kappa shape index (κ1) is 20.7. The van der Waals surface area contributed by atoms with Crippen molar-refractivity contribution in [3.8, 4) is 0 Å². The lowest BCUT2D eigenvalue weighted by Gasteiger charge is -1.96. The van der Waals surface area contributed by atoms with E-state index in [9.17, 15) is 4.79 Å². The van der Waals surface area contributed by atoms with Gasteiger partial charge in [0.2, 0.25) is 0 Å². The third kappa shape index (κ3) is 11.2. The average Bonchev–Trinajstić information content (AvgIpc) is 3.34.